The highest BCUT2D eigenvalue weighted by Gasteiger charge is 2.25. The van der Waals surface area contributed by atoms with Crippen LogP contribution in [0.15, 0.2) is 36.4 Å². The first-order valence-electron chi connectivity index (χ1n) is 8.21. The molecule has 2 aromatic rings. The van der Waals surface area contributed by atoms with Crippen LogP contribution in [0.3, 0.4) is 0 Å². The molecule has 1 aliphatic rings. The molecule has 5 heteroatoms. The molecule has 24 heavy (non-hydrogen) atoms. The van der Waals surface area contributed by atoms with Crippen LogP contribution in [-0.2, 0) is 6.42 Å². The molecule has 0 unspecified atom stereocenters. The average molecular weight is 343 g/mol. The van der Waals surface area contributed by atoms with E-state index < -0.39 is 5.97 Å². The summed E-state index contributed by atoms with van der Waals surface area (Å²) in [6, 6.07) is 11.1. The lowest BCUT2D eigenvalue weighted by Crippen LogP contribution is -2.38. The summed E-state index contributed by atoms with van der Waals surface area (Å²) in [6.45, 7) is 3.50. The molecule has 0 bridgehead atoms. The number of amides is 1. The van der Waals surface area contributed by atoms with Crippen molar-refractivity contribution in [3.8, 4) is 0 Å². The van der Waals surface area contributed by atoms with E-state index in [-0.39, 0.29) is 5.91 Å². The maximum Gasteiger partial charge on any atom is 0.335 e. The van der Waals surface area contributed by atoms with Gasteiger partial charge in [0.25, 0.3) is 5.91 Å². The topological polar surface area (TPSA) is 57.6 Å². The molecule has 0 aliphatic carbocycles. The van der Waals surface area contributed by atoms with E-state index in [1.54, 1.807) is 23.5 Å². The van der Waals surface area contributed by atoms with Gasteiger partial charge < -0.3 is 10.0 Å². The van der Waals surface area contributed by atoms with Crippen molar-refractivity contribution in [2.75, 3.05) is 13.1 Å². The largest absolute Gasteiger partial charge is 0.478 e. The Morgan fingerprint density at radius 1 is 1.17 bits per heavy atom. The molecule has 1 aliphatic heterocycles. The first-order chi connectivity index (χ1) is 11.5. The van der Waals surface area contributed by atoms with Gasteiger partial charge in [0.2, 0.25) is 0 Å². The first kappa shape index (κ1) is 16.7. The van der Waals surface area contributed by atoms with Crippen molar-refractivity contribution in [1.82, 2.24) is 4.90 Å². The first-order valence-corrected chi connectivity index (χ1v) is 9.03. The number of carboxylic acid groups (broad SMARTS) is 1. The predicted octanol–water partition coefficient (Wildman–Crippen LogP) is 3.85. The van der Waals surface area contributed by atoms with Crippen molar-refractivity contribution in [2.45, 2.75) is 26.2 Å². The minimum atomic E-state index is -0.869. The van der Waals surface area contributed by atoms with Crippen LogP contribution in [0, 0.1) is 12.8 Å². The summed E-state index contributed by atoms with van der Waals surface area (Å²) in [6.07, 6.45) is 2.61. The van der Waals surface area contributed by atoms with Gasteiger partial charge in [0, 0.05) is 18.0 Å². The number of carbonyl (C=O) groups excluding carboxylic acids is 1. The van der Waals surface area contributed by atoms with Crippen molar-refractivity contribution < 1.29 is 14.7 Å². The third kappa shape index (κ3) is 3.67. The van der Waals surface area contributed by atoms with Gasteiger partial charge in [-0.05, 0) is 55.9 Å². The Labute approximate surface area is 145 Å². The molecule has 1 aromatic carbocycles. The van der Waals surface area contributed by atoms with Crippen molar-refractivity contribution in [2.24, 2.45) is 5.92 Å². The minimum Gasteiger partial charge on any atom is -0.478 e. The minimum absolute atomic E-state index is 0.123. The molecule has 1 N–H and O–H groups in total. The maximum absolute atomic E-state index is 12.5. The Bertz CT molecular complexity index is 745. The Morgan fingerprint density at radius 3 is 2.50 bits per heavy atom. The Morgan fingerprint density at radius 2 is 1.88 bits per heavy atom. The molecule has 0 atom stereocenters. The molecule has 1 aromatic heterocycles. The third-order valence-electron chi connectivity index (χ3n) is 4.61. The average Bonchev–Trinajstić information content (AvgIpc) is 3.02. The number of hydrogen-bond donors (Lipinski definition) is 1. The van der Waals surface area contributed by atoms with E-state index in [0.717, 1.165) is 47.7 Å². The standard InChI is InChI=1S/C19H21NO3S/c1-13-6-7-17(24-13)18(21)20-10-8-14(9-11-20)12-15-4-2-3-5-16(15)19(22)23/h2-7,14H,8-12H2,1H3,(H,22,23). The van der Waals surface area contributed by atoms with E-state index in [0.29, 0.717) is 11.5 Å². The number of aromatic carboxylic acids is 1. The van der Waals surface area contributed by atoms with Gasteiger partial charge in [-0.3, -0.25) is 4.79 Å². The van der Waals surface area contributed by atoms with Crippen molar-refractivity contribution in [3.05, 3.63) is 57.3 Å². The molecule has 0 radical (unpaired) electrons. The number of likely N-dealkylation sites (tertiary alicyclic amines) is 1. The molecule has 1 saturated heterocycles. The number of rotatable bonds is 4. The van der Waals surface area contributed by atoms with Crippen LogP contribution < -0.4 is 0 Å². The molecule has 1 amide bonds. The van der Waals surface area contributed by atoms with E-state index in [9.17, 15) is 14.7 Å². The number of nitrogens with zero attached hydrogens (tertiary/aromatic N) is 1. The van der Waals surface area contributed by atoms with Crippen molar-refractivity contribution in [1.29, 1.82) is 0 Å². The van der Waals surface area contributed by atoms with E-state index in [4.69, 9.17) is 0 Å². The lowest BCUT2D eigenvalue weighted by molar-refractivity contribution is 0.0694. The predicted molar refractivity (Wildman–Crippen MR) is 94.8 cm³/mol. The van der Waals surface area contributed by atoms with Gasteiger partial charge in [-0.15, -0.1) is 11.3 Å². The summed E-state index contributed by atoms with van der Waals surface area (Å²) >= 11 is 1.54. The number of piperidine rings is 1. The molecule has 1 fully saturated rings. The zero-order valence-electron chi connectivity index (χ0n) is 13.7. The second-order valence-corrected chi connectivity index (χ2v) is 7.60. The van der Waals surface area contributed by atoms with E-state index >= 15 is 0 Å². The molecule has 0 saturated carbocycles. The van der Waals surface area contributed by atoms with Gasteiger partial charge >= 0.3 is 5.97 Å². The highest BCUT2D eigenvalue weighted by Crippen LogP contribution is 2.25. The van der Waals surface area contributed by atoms with Gasteiger partial charge in [0.15, 0.2) is 0 Å². The number of carbonyl (C=O) groups is 2. The lowest BCUT2D eigenvalue weighted by Gasteiger charge is -2.32. The van der Waals surface area contributed by atoms with Crippen LogP contribution >= 0.6 is 11.3 Å². The Hall–Kier alpha value is -2.14. The van der Waals surface area contributed by atoms with Crippen LogP contribution in [0.25, 0.3) is 0 Å². The van der Waals surface area contributed by atoms with Crippen LogP contribution in [0.4, 0.5) is 0 Å². The summed E-state index contributed by atoms with van der Waals surface area (Å²) in [5, 5.41) is 9.29. The number of carboxylic acids is 1. The van der Waals surface area contributed by atoms with E-state index in [1.807, 2.05) is 36.1 Å². The second-order valence-electron chi connectivity index (χ2n) is 6.31. The Balaban J connectivity index is 1.60. The number of aryl methyl sites for hydroxylation is 1. The maximum atomic E-state index is 12.5. The summed E-state index contributed by atoms with van der Waals surface area (Å²) in [4.78, 5) is 27.7. The molecule has 126 valence electrons. The van der Waals surface area contributed by atoms with Crippen molar-refractivity contribution in [3.63, 3.8) is 0 Å². The van der Waals surface area contributed by atoms with Crippen molar-refractivity contribution >= 4 is 23.2 Å². The van der Waals surface area contributed by atoms with E-state index in [1.165, 1.54) is 0 Å². The highest BCUT2D eigenvalue weighted by molar-refractivity contribution is 7.13. The molecule has 3 rings (SSSR count). The quantitative estimate of drug-likeness (QED) is 0.917. The van der Waals surface area contributed by atoms with E-state index in [2.05, 4.69) is 0 Å². The summed E-state index contributed by atoms with van der Waals surface area (Å²) < 4.78 is 0. The number of thiophene rings is 1. The molecular formula is C19H21NO3S. The lowest BCUT2D eigenvalue weighted by atomic mass is 9.88. The van der Waals surface area contributed by atoms with Gasteiger partial charge in [-0.1, -0.05) is 18.2 Å². The van der Waals surface area contributed by atoms with Gasteiger partial charge in [-0.2, -0.15) is 0 Å². The summed E-state index contributed by atoms with van der Waals surface area (Å²) in [5.41, 5.74) is 1.29. The molecule has 2 heterocycles. The SMILES string of the molecule is Cc1ccc(C(=O)N2CCC(Cc3ccccc3C(=O)O)CC2)s1. The summed E-state index contributed by atoms with van der Waals surface area (Å²) in [5.74, 6) is -0.316. The monoisotopic (exact) mass is 343 g/mol. The van der Waals surface area contributed by atoms with Crippen LogP contribution in [0.2, 0.25) is 0 Å². The van der Waals surface area contributed by atoms with Gasteiger partial charge in [0.05, 0.1) is 10.4 Å². The molecular weight excluding hydrogens is 322 g/mol. The zero-order chi connectivity index (χ0) is 17.1. The number of benzene rings is 1. The van der Waals surface area contributed by atoms with Crippen LogP contribution in [-0.4, -0.2) is 35.0 Å². The van der Waals surface area contributed by atoms with Crippen LogP contribution in [0.5, 0.6) is 0 Å². The second kappa shape index (κ2) is 7.18. The zero-order valence-corrected chi connectivity index (χ0v) is 14.5. The fraction of sp³-hybridized carbons (Fsp3) is 0.368. The third-order valence-corrected chi connectivity index (χ3v) is 5.60. The fourth-order valence-electron chi connectivity index (χ4n) is 3.26. The van der Waals surface area contributed by atoms with Gasteiger partial charge in [-0.25, -0.2) is 4.79 Å². The van der Waals surface area contributed by atoms with Gasteiger partial charge in [0.1, 0.15) is 0 Å². The molecule has 0 spiro atoms. The highest BCUT2D eigenvalue weighted by atomic mass is 32.1. The normalized spacial score (nSPS) is 15.5. The number of hydrogen-bond acceptors (Lipinski definition) is 3. The van der Waals surface area contributed by atoms with Crippen LogP contribution in [0.1, 0.15) is 43.3 Å². The summed E-state index contributed by atoms with van der Waals surface area (Å²) in [7, 11) is 0. The Kier molecular flexibility index (Phi) is 5.00. The fourth-order valence-corrected chi connectivity index (χ4v) is 4.10. The smallest absolute Gasteiger partial charge is 0.335 e. The molecule has 4 nitrogen and oxygen atoms in total.